The highest BCUT2D eigenvalue weighted by Gasteiger charge is 2.32. The van der Waals surface area contributed by atoms with Gasteiger partial charge in [-0.3, -0.25) is 0 Å². The lowest BCUT2D eigenvalue weighted by molar-refractivity contribution is 0.529. The van der Waals surface area contributed by atoms with Gasteiger partial charge in [0.05, 0.1) is 15.8 Å². The number of aromatic nitrogens is 1. The molecule has 1 saturated heterocycles. The Morgan fingerprint density at radius 3 is 2.62 bits per heavy atom. The molecule has 0 amide bonds. The van der Waals surface area contributed by atoms with Gasteiger partial charge < -0.3 is 4.90 Å². The SMILES string of the molecule is O=S(=O)(c1cccc(Br)c1)C1CCN(c2nc(-c3cc(F)cc(Cl)c3)cs2)CC1. The number of piperidine rings is 1. The molecule has 0 N–H and O–H groups in total. The summed E-state index contributed by atoms with van der Waals surface area (Å²) in [6, 6.07) is 11.2. The van der Waals surface area contributed by atoms with Crippen LogP contribution in [0.3, 0.4) is 0 Å². The molecule has 4 rings (SSSR count). The summed E-state index contributed by atoms with van der Waals surface area (Å²) in [5.74, 6) is -0.402. The van der Waals surface area contributed by atoms with Crippen molar-refractivity contribution in [1.29, 1.82) is 0 Å². The normalized spacial score (nSPS) is 15.6. The molecule has 0 radical (unpaired) electrons. The molecule has 0 unspecified atom stereocenters. The fourth-order valence-electron chi connectivity index (χ4n) is 3.44. The van der Waals surface area contributed by atoms with Crippen molar-refractivity contribution in [2.45, 2.75) is 23.0 Å². The summed E-state index contributed by atoms with van der Waals surface area (Å²) >= 11 is 10.7. The zero-order valence-electron chi connectivity index (χ0n) is 15.2. The molecule has 1 fully saturated rings. The van der Waals surface area contributed by atoms with Gasteiger partial charge in [0.1, 0.15) is 5.82 Å². The van der Waals surface area contributed by atoms with Gasteiger partial charge in [-0.25, -0.2) is 17.8 Å². The fourth-order valence-corrected chi connectivity index (χ4v) is 6.87. The largest absolute Gasteiger partial charge is 0.348 e. The minimum Gasteiger partial charge on any atom is -0.348 e. The van der Waals surface area contributed by atoms with Crippen molar-refractivity contribution in [3.63, 3.8) is 0 Å². The molecule has 1 aliphatic heterocycles. The van der Waals surface area contributed by atoms with Crippen LogP contribution in [0.25, 0.3) is 11.3 Å². The van der Waals surface area contributed by atoms with E-state index in [9.17, 15) is 12.8 Å². The summed E-state index contributed by atoms with van der Waals surface area (Å²) in [6.45, 7) is 1.21. The lowest BCUT2D eigenvalue weighted by atomic mass is 10.1. The molecular weight excluding hydrogens is 499 g/mol. The van der Waals surface area contributed by atoms with Gasteiger partial charge in [-0.2, -0.15) is 0 Å². The zero-order valence-corrected chi connectivity index (χ0v) is 19.2. The lowest BCUT2D eigenvalue weighted by Crippen LogP contribution is -2.39. The van der Waals surface area contributed by atoms with E-state index in [0.717, 1.165) is 9.60 Å². The third kappa shape index (κ3) is 4.50. The van der Waals surface area contributed by atoms with Crippen LogP contribution in [0.15, 0.2) is 57.2 Å². The highest BCUT2D eigenvalue weighted by molar-refractivity contribution is 9.10. The maximum atomic E-state index is 13.6. The minimum absolute atomic E-state index is 0.327. The molecule has 3 aromatic rings. The molecule has 9 heteroatoms. The number of anilines is 1. The predicted octanol–water partition coefficient (Wildman–Crippen LogP) is 5.81. The number of halogens is 3. The molecule has 0 saturated carbocycles. The van der Waals surface area contributed by atoms with Crippen molar-refractivity contribution >= 4 is 53.8 Å². The number of sulfone groups is 1. The van der Waals surface area contributed by atoms with Crippen molar-refractivity contribution in [2.75, 3.05) is 18.0 Å². The molecule has 4 nitrogen and oxygen atoms in total. The molecular formula is C20H17BrClFN2O2S2. The van der Waals surface area contributed by atoms with E-state index in [4.69, 9.17) is 11.6 Å². The fraction of sp³-hybridized carbons (Fsp3) is 0.250. The lowest BCUT2D eigenvalue weighted by Gasteiger charge is -2.31. The smallest absolute Gasteiger partial charge is 0.185 e. The van der Waals surface area contributed by atoms with Crippen molar-refractivity contribution in [1.82, 2.24) is 4.98 Å². The molecule has 0 spiro atoms. The number of hydrogen-bond donors (Lipinski definition) is 0. The van der Waals surface area contributed by atoms with Crippen LogP contribution in [0, 0.1) is 5.82 Å². The van der Waals surface area contributed by atoms with Crippen molar-refractivity contribution in [3.05, 3.63) is 63.2 Å². The Hall–Kier alpha value is -1.48. The van der Waals surface area contributed by atoms with E-state index in [1.807, 2.05) is 11.4 Å². The first-order chi connectivity index (χ1) is 13.8. The van der Waals surface area contributed by atoms with Gasteiger partial charge in [-0.15, -0.1) is 11.3 Å². The van der Waals surface area contributed by atoms with Gasteiger partial charge in [0.15, 0.2) is 15.0 Å². The summed E-state index contributed by atoms with van der Waals surface area (Å²) in [7, 11) is -3.37. The molecule has 2 aromatic carbocycles. The van der Waals surface area contributed by atoms with Gasteiger partial charge in [-0.1, -0.05) is 33.6 Å². The highest BCUT2D eigenvalue weighted by Crippen LogP contribution is 2.33. The first-order valence-electron chi connectivity index (χ1n) is 8.99. The summed E-state index contributed by atoms with van der Waals surface area (Å²) in [5.41, 5.74) is 1.29. The standard InChI is InChI=1S/C20H17BrClFN2O2S2/c21-14-2-1-3-18(10-14)29(26,27)17-4-6-25(7-5-17)20-24-19(12-28-20)13-8-15(22)11-16(23)9-13/h1-3,8-12,17H,4-7H2. The van der Waals surface area contributed by atoms with Crippen LogP contribution in [0.4, 0.5) is 9.52 Å². The van der Waals surface area contributed by atoms with Crippen LogP contribution < -0.4 is 4.90 Å². The average Bonchev–Trinajstić information content (AvgIpc) is 3.18. The van der Waals surface area contributed by atoms with Crippen LogP contribution in [0.5, 0.6) is 0 Å². The van der Waals surface area contributed by atoms with E-state index in [0.29, 0.717) is 47.1 Å². The molecule has 152 valence electrons. The van der Waals surface area contributed by atoms with Gasteiger partial charge in [0.2, 0.25) is 0 Å². The van der Waals surface area contributed by atoms with Gasteiger partial charge >= 0.3 is 0 Å². The maximum Gasteiger partial charge on any atom is 0.185 e. The maximum absolute atomic E-state index is 13.6. The Balaban J connectivity index is 1.47. The summed E-state index contributed by atoms with van der Waals surface area (Å²) in [4.78, 5) is 7.04. The third-order valence-corrected chi connectivity index (χ3v) is 8.80. The van der Waals surface area contributed by atoms with Crippen molar-refractivity contribution in [2.24, 2.45) is 0 Å². The molecule has 0 atom stereocenters. The number of rotatable bonds is 4. The Kier molecular flexibility index (Phi) is 5.97. The first-order valence-corrected chi connectivity index (χ1v) is 12.6. The number of thiazole rings is 1. The highest BCUT2D eigenvalue weighted by atomic mass is 79.9. The molecule has 0 bridgehead atoms. The topological polar surface area (TPSA) is 50.3 Å². The Morgan fingerprint density at radius 2 is 1.93 bits per heavy atom. The molecule has 1 aromatic heterocycles. The molecule has 1 aliphatic rings. The Bertz CT molecular complexity index is 1120. The van der Waals surface area contributed by atoms with E-state index in [1.165, 1.54) is 23.5 Å². The second-order valence-electron chi connectivity index (χ2n) is 6.86. The average molecular weight is 516 g/mol. The van der Waals surface area contributed by atoms with E-state index in [-0.39, 0.29) is 0 Å². The minimum atomic E-state index is -3.37. The summed E-state index contributed by atoms with van der Waals surface area (Å²) in [5, 5.41) is 2.59. The quantitative estimate of drug-likeness (QED) is 0.440. The van der Waals surface area contributed by atoms with E-state index in [2.05, 4.69) is 25.8 Å². The summed E-state index contributed by atoms with van der Waals surface area (Å²) < 4.78 is 40.2. The van der Waals surface area contributed by atoms with Crippen molar-refractivity contribution in [3.8, 4) is 11.3 Å². The van der Waals surface area contributed by atoms with Gasteiger partial charge in [0, 0.05) is 33.5 Å². The van der Waals surface area contributed by atoms with E-state index in [1.54, 1.807) is 24.3 Å². The number of hydrogen-bond acceptors (Lipinski definition) is 5. The van der Waals surface area contributed by atoms with E-state index >= 15 is 0 Å². The first kappa shape index (κ1) is 20.8. The number of benzene rings is 2. The molecule has 2 heterocycles. The van der Waals surface area contributed by atoms with Crippen LogP contribution in [0.1, 0.15) is 12.8 Å². The Labute approximate surface area is 186 Å². The van der Waals surface area contributed by atoms with Crippen LogP contribution in [0.2, 0.25) is 5.02 Å². The second kappa shape index (κ2) is 8.34. The van der Waals surface area contributed by atoms with E-state index < -0.39 is 20.9 Å². The Morgan fingerprint density at radius 1 is 1.17 bits per heavy atom. The zero-order chi connectivity index (χ0) is 20.6. The third-order valence-electron chi connectivity index (χ3n) is 4.93. The van der Waals surface area contributed by atoms with Crippen molar-refractivity contribution < 1.29 is 12.8 Å². The second-order valence-corrected chi connectivity index (χ2v) is 11.3. The molecule has 29 heavy (non-hydrogen) atoms. The van der Waals surface area contributed by atoms with Crippen LogP contribution in [-0.4, -0.2) is 31.7 Å². The predicted molar refractivity (Wildman–Crippen MR) is 119 cm³/mol. The van der Waals surface area contributed by atoms with Gasteiger partial charge in [0.25, 0.3) is 0 Å². The summed E-state index contributed by atoms with van der Waals surface area (Å²) in [6.07, 6.45) is 1.07. The number of nitrogens with zero attached hydrogens (tertiary/aromatic N) is 2. The van der Waals surface area contributed by atoms with Gasteiger partial charge in [-0.05, 0) is 49.2 Å². The monoisotopic (exact) mass is 514 g/mol. The van der Waals surface area contributed by atoms with Crippen LogP contribution >= 0.6 is 38.9 Å². The molecule has 0 aliphatic carbocycles. The van der Waals surface area contributed by atoms with Crippen LogP contribution in [-0.2, 0) is 9.84 Å².